The average Bonchev–Trinajstić information content (AvgIpc) is 2.44. The number of aryl methyl sites for hydroxylation is 1. The van der Waals surface area contributed by atoms with Gasteiger partial charge in [-0.15, -0.1) is 0 Å². The van der Waals surface area contributed by atoms with Crippen LogP contribution in [0.25, 0.3) is 0 Å². The number of piperidine rings is 1. The Morgan fingerprint density at radius 1 is 1.45 bits per heavy atom. The minimum absolute atomic E-state index is 0.211. The molecule has 1 aromatic rings. The topological polar surface area (TPSA) is 67.4 Å². The number of carbonyl (C=O) groups excluding carboxylic acids is 1. The molecule has 6 heteroatoms. The van der Waals surface area contributed by atoms with E-state index in [1.54, 1.807) is 6.20 Å². The minimum Gasteiger partial charge on any atom is -0.444 e. The van der Waals surface area contributed by atoms with Crippen LogP contribution in [-0.2, 0) is 4.74 Å². The molecule has 122 valence electrons. The number of hydrogen-bond donors (Lipinski definition) is 1. The number of ether oxygens (including phenoxy) is 1. The van der Waals surface area contributed by atoms with Crippen molar-refractivity contribution in [2.24, 2.45) is 0 Å². The number of amides is 1. The van der Waals surface area contributed by atoms with Crippen LogP contribution in [0, 0.1) is 6.92 Å². The maximum Gasteiger partial charge on any atom is 0.407 e. The second-order valence-electron chi connectivity index (χ2n) is 6.72. The SMILES string of the molecule is Cc1ccnc(N2CCCC[C@H]2CNC(=O)OC(C)(C)C)n1. The van der Waals surface area contributed by atoms with E-state index in [2.05, 4.69) is 20.2 Å². The molecule has 0 aromatic carbocycles. The van der Waals surface area contributed by atoms with Gasteiger partial charge in [-0.3, -0.25) is 0 Å². The van der Waals surface area contributed by atoms with Gasteiger partial charge in [0, 0.05) is 31.0 Å². The van der Waals surface area contributed by atoms with E-state index in [-0.39, 0.29) is 12.1 Å². The highest BCUT2D eigenvalue weighted by Crippen LogP contribution is 2.21. The quantitative estimate of drug-likeness (QED) is 0.930. The fourth-order valence-electron chi connectivity index (χ4n) is 2.57. The smallest absolute Gasteiger partial charge is 0.407 e. The van der Waals surface area contributed by atoms with Crippen molar-refractivity contribution in [1.29, 1.82) is 0 Å². The van der Waals surface area contributed by atoms with Crippen molar-refractivity contribution in [2.45, 2.75) is 58.6 Å². The summed E-state index contributed by atoms with van der Waals surface area (Å²) in [5.41, 5.74) is 0.477. The molecular formula is C16H26N4O2. The summed E-state index contributed by atoms with van der Waals surface area (Å²) in [6.45, 7) is 9.01. The molecular weight excluding hydrogens is 280 g/mol. The van der Waals surface area contributed by atoms with Crippen LogP contribution in [0.15, 0.2) is 12.3 Å². The molecule has 22 heavy (non-hydrogen) atoms. The summed E-state index contributed by atoms with van der Waals surface area (Å²) in [6.07, 6.45) is 4.71. The van der Waals surface area contributed by atoms with Crippen LogP contribution in [0.4, 0.5) is 10.7 Å². The molecule has 0 bridgehead atoms. The maximum atomic E-state index is 11.8. The number of nitrogens with zero attached hydrogens (tertiary/aromatic N) is 3. The van der Waals surface area contributed by atoms with Crippen molar-refractivity contribution in [1.82, 2.24) is 15.3 Å². The molecule has 1 aromatic heterocycles. The van der Waals surface area contributed by atoms with Crippen LogP contribution >= 0.6 is 0 Å². The van der Waals surface area contributed by atoms with Gasteiger partial charge in [0.2, 0.25) is 5.95 Å². The van der Waals surface area contributed by atoms with E-state index in [1.807, 2.05) is 33.8 Å². The third-order valence-corrected chi connectivity index (χ3v) is 3.55. The van der Waals surface area contributed by atoms with E-state index in [9.17, 15) is 4.79 Å². The average molecular weight is 306 g/mol. The van der Waals surface area contributed by atoms with E-state index in [1.165, 1.54) is 0 Å². The Kier molecular flexibility index (Phi) is 5.21. The zero-order valence-electron chi connectivity index (χ0n) is 13.9. The zero-order chi connectivity index (χ0) is 16.2. The molecule has 1 fully saturated rings. The predicted octanol–water partition coefficient (Wildman–Crippen LogP) is 2.67. The Bertz CT molecular complexity index is 513. The first-order valence-electron chi connectivity index (χ1n) is 7.88. The van der Waals surface area contributed by atoms with Gasteiger partial charge < -0.3 is 15.0 Å². The van der Waals surface area contributed by atoms with E-state index >= 15 is 0 Å². The fourth-order valence-corrected chi connectivity index (χ4v) is 2.57. The molecule has 1 amide bonds. The van der Waals surface area contributed by atoms with Crippen molar-refractivity contribution in [3.8, 4) is 0 Å². The zero-order valence-corrected chi connectivity index (χ0v) is 13.9. The molecule has 0 saturated carbocycles. The first-order valence-corrected chi connectivity index (χ1v) is 7.88. The van der Waals surface area contributed by atoms with Gasteiger partial charge in [0.1, 0.15) is 5.60 Å². The summed E-state index contributed by atoms with van der Waals surface area (Å²) in [5, 5.41) is 2.86. The number of anilines is 1. The second-order valence-corrected chi connectivity index (χ2v) is 6.72. The monoisotopic (exact) mass is 306 g/mol. The van der Waals surface area contributed by atoms with Crippen molar-refractivity contribution in [2.75, 3.05) is 18.0 Å². The number of hydrogen-bond acceptors (Lipinski definition) is 5. The van der Waals surface area contributed by atoms with Crippen LogP contribution < -0.4 is 10.2 Å². The molecule has 2 rings (SSSR count). The van der Waals surface area contributed by atoms with Gasteiger partial charge in [0.25, 0.3) is 0 Å². The molecule has 1 atom stereocenters. The van der Waals surface area contributed by atoms with Gasteiger partial charge in [0.05, 0.1) is 0 Å². The van der Waals surface area contributed by atoms with Crippen LogP contribution in [0.5, 0.6) is 0 Å². The lowest BCUT2D eigenvalue weighted by Crippen LogP contribution is -2.48. The van der Waals surface area contributed by atoms with Crippen LogP contribution in [0.1, 0.15) is 45.7 Å². The van der Waals surface area contributed by atoms with Crippen molar-refractivity contribution in [3.05, 3.63) is 18.0 Å². The summed E-state index contributed by atoms with van der Waals surface area (Å²) in [4.78, 5) is 22.9. The predicted molar refractivity (Wildman–Crippen MR) is 86.0 cm³/mol. The van der Waals surface area contributed by atoms with Crippen molar-refractivity contribution >= 4 is 12.0 Å². The standard InChI is InChI=1S/C16H26N4O2/c1-12-8-9-17-14(19-12)20-10-6-5-7-13(20)11-18-15(21)22-16(2,3)4/h8-9,13H,5-7,10-11H2,1-4H3,(H,18,21)/t13-/m0/s1. The van der Waals surface area contributed by atoms with Gasteiger partial charge in [0.15, 0.2) is 0 Å². The molecule has 1 N–H and O–H groups in total. The first-order chi connectivity index (χ1) is 10.3. The Hall–Kier alpha value is -1.85. The van der Waals surface area contributed by atoms with Gasteiger partial charge in [-0.25, -0.2) is 14.8 Å². The number of rotatable bonds is 3. The molecule has 0 radical (unpaired) electrons. The van der Waals surface area contributed by atoms with Crippen molar-refractivity contribution < 1.29 is 9.53 Å². The van der Waals surface area contributed by atoms with E-state index in [4.69, 9.17) is 4.74 Å². The Balaban J connectivity index is 1.97. The van der Waals surface area contributed by atoms with E-state index < -0.39 is 5.60 Å². The normalized spacial score (nSPS) is 18.9. The largest absolute Gasteiger partial charge is 0.444 e. The molecule has 0 aliphatic carbocycles. The number of nitrogens with one attached hydrogen (secondary N) is 1. The Morgan fingerprint density at radius 2 is 2.23 bits per heavy atom. The minimum atomic E-state index is -0.476. The van der Waals surface area contributed by atoms with Gasteiger partial charge in [-0.05, 0) is 53.0 Å². The van der Waals surface area contributed by atoms with Crippen LogP contribution in [0.2, 0.25) is 0 Å². The fraction of sp³-hybridized carbons (Fsp3) is 0.688. The summed E-state index contributed by atoms with van der Waals surface area (Å²) in [7, 11) is 0. The third-order valence-electron chi connectivity index (χ3n) is 3.55. The van der Waals surface area contributed by atoms with E-state index in [0.717, 1.165) is 37.4 Å². The summed E-state index contributed by atoms with van der Waals surface area (Å²) in [6, 6.07) is 2.10. The molecule has 1 aliphatic rings. The van der Waals surface area contributed by atoms with Crippen LogP contribution in [0.3, 0.4) is 0 Å². The van der Waals surface area contributed by atoms with Gasteiger partial charge in [-0.2, -0.15) is 0 Å². The number of aromatic nitrogens is 2. The lowest BCUT2D eigenvalue weighted by Gasteiger charge is -2.36. The highest BCUT2D eigenvalue weighted by Gasteiger charge is 2.26. The molecule has 1 aliphatic heterocycles. The highest BCUT2D eigenvalue weighted by molar-refractivity contribution is 5.67. The molecule has 6 nitrogen and oxygen atoms in total. The Morgan fingerprint density at radius 3 is 2.91 bits per heavy atom. The molecule has 1 saturated heterocycles. The second kappa shape index (κ2) is 6.94. The Labute approximate surface area is 132 Å². The lowest BCUT2D eigenvalue weighted by atomic mass is 10.0. The highest BCUT2D eigenvalue weighted by atomic mass is 16.6. The maximum absolute atomic E-state index is 11.8. The summed E-state index contributed by atoms with van der Waals surface area (Å²) >= 11 is 0. The first kappa shape index (κ1) is 16.5. The molecule has 0 unspecified atom stereocenters. The number of alkyl carbamates (subject to hydrolysis) is 1. The van der Waals surface area contributed by atoms with Gasteiger partial charge in [-0.1, -0.05) is 0 Å². The number of carbonyl (C=O) groups is 1. The summed E-state index contributed by atoms with van der Waals surface area (Å²) in [5.74, 6) is 0.746. The van der Waals surface area contributed by atoms with E-state index in [0.29, 0.717) is 6.54 Å². The molecule has 2 heterocycles. The van der Waals surface area contributed by atoms with Crippen molar-refractivity contribution in [3.63, 3.8) is 0 Å². The van der Waals surface area contributed by atoms with Gasteiger partial charge >= 0.3 is 6.09 Å². The third kappa shape index (κ3) is 4.86. The molecule has 0 spiro atoms. The van der Waals surface area contributed by atoms with Crippen LogP contribution in [-0.4, -0.2) is 40.8 Å². The summed E-state index contributed by atoms with van der Waals surface area (Å²) < 4.78 is 5.29. The lowest BCUT2D eigenvalue weighted by molar-refractivity contribution is 0.0522.